The van der Waals surface area contributed by atoms with E-state index in [1.54, 1.807) is 9.47 Å². The Labute approximate surface area is 106 Å². The van der Waals surface area contributed by atoms with E-state index in [2.05, 4.69) is 9.36 Å². The normalized spacial score (nSPS) is 19.3. The Hall–Kier alpha value is -1.49. The first-order chi connectivity index (χ1) is 8.36. The van der Waals surface area contributed by atoms with Crippen LogP contribution in [0.1, 0.15) is 26.7 Å². The third-order valence-corrected chi connectivity index (χ3v) is 2.61. The van der Waals surface area contributed by atoms with Crippen molar-refractivity contribution in [1.29, 1.82) is 0 Å². The lowest BCUT2D eigenvalue weighted by atomic mass is 9.96. The lowest BCUT2D eigenvalue weighted by Crippen LogP contribution is -2.36. The molecular formula is C10H14NO6P. The number of hydroxylamine groups is 2. The number of imide groups is 1. The van der Waals surface area contributed by atoms with E-state index in [1.165, 1.54) is 0 Å². The molecule has 1 rings (SSSR count). The SMILES string of the molecule is CC(C)CC1CC(=O)N(OC(=O)C(=O)OP)C1=O. The summed E-state index contributed by atoms with van der Waals surface area (Å²) in [6, 6.07) is 0. The van der Waals surface area contributed by atoms with Crippen molar-refractivity contribution in [3.63, 3.8) is 0 Å². The maximum absolute atomic E-state index is 11.8. The van der Waals surface area contributed by atoms with E-state index < -0.39 is 29.7 Å². The van der Waals surface area contributed by atoms with Gasteiger partial charge in [0.1, 0.15) is 0 Å². The first-order valence-electron chi connectivity index (χ1n) is 5.36. The molecule has 1 heterocycles. The highest BCUT2D eigenvalue weighted by Gasteiger charge is 2.42. The highest BCUT2D eigenvalue weighted by atomic mass is 31.0. The van der Waals surface area contributed by atoms with Gasteiger partial charge in [0.15, 0.2) is 0 Å². The molecule has 1 saturated heterocycles. The fourth-order valence-corrected chi connectivity index (χ4v) is 1.78. The molecule has 2 amide bonds. The van der Waals surface area contributed by atoms with Gasteiger partial charge in [0.25, 0.3) is 11.8 Å². The van der Waals surface area contributed by atoms with Gasteiger partial charge in [0, 0.05) is 6.42 Å². The molecule has 1 aliphatic heterocycles. The molecule has 1 fully saturated rings. The van der Waals surface area contributed by atoms with Crippen LogP contribution in [0.4, 0.5) is 0 Å². The summed E-state index contributed by atoms with van der Waals surface area (Å²) in [7, 11) is 1.58. The summed E-state index contributed by atoms with van der Waals surface area (Å²) in [5, 5.41) is 0.344. The number of nitrogens with zero attached hydrogens (tertiary/aromatic N) is 1. The Morgan fingerprint density at radius 3 is 2.50 bits per heavy atom. The largest absolute Gasteiger partial charge is 0.443 e. The molecule has 8 heteroatoms. The topological polar surface area (TPSA) is 90.0 Å². The first-order valence-corrected chi connectivity index (χ1v) is 5.83. The van der Waals surface area contributed by atoms with Crippen molar-refractivity contribution in [2.45, 2.75) is 26.7 Å². The Balaban J connectivity index is 2.67. The summed E-state index contributed by atoms with van der Waals surface area (Å²) in [6.45, 7) is 3.83. The monoisotopic (exact) mass is 275 g/mol. The molecule has 2 atom stereocenters. The van der Waals surface area contributed by atoms with Crippen molar-refractivity contribution in [2.75, 3.05) is 0 Å². The highest BCUT2D eigenvalue weighted by Crippen LogP contribution is 2.26. The molecule has 0 N–H and O–H groups in total. The molecule has 2 unspecified atom stereocenters. The minimum Gasteiger partial charge on any atom is -0.443 e. The van der Waals surface area contributed by atoms with Gasteiger partial charge in [-0.15, -0.1) is 5.06 Å². The molecule has 18 heavy (non-hydrogen) atoms. The molecule has 0 aromatic heterocycles. The minimum absolute atomic E-state index is 0.0137. The molecule has 100 valence electrons. The molecule has 0 bridgehead atoms. The zero-order valence-electron chi connectivity index (χ0n) is 10.0. The van der Waals surface area contributed by atoms with Gasteiger partial charge >= 0.3 is 11.9 Å². The van der Waals surface area contributed by atoms with E-state index >= 15 is 0 Å². The number of rotatable bonds is 3. The van der Waals surface area contributed by atoms with Crippen molar-refractivity contribution < 1.29 is 28.5 Å². The number of hydrogen-bond donors (Lipinski definition) is 0. The summed E-state index contributed by atoms with van der Waals surface area (Å²) in [5.41, 5.74) is 0. The Morgan fingerprint density at radius 1 is 1.39 bits per heavy atom. The number of amides is 2. The maximum Gasteiger partial charge on any atom is 0.442 e. The standard InChI is InChI=1S/C10H14NO6P/c1-5(2)3-6-4-7(12)11(8(6)13)16-9(14)10(15)17-18/h5-6H,3-4,18H2,1-2H3. The first kappa shape index (κ1) is 14.6. The van der Waals surface area contributed by atoms with Crippen LogP contribution in [-0.2, 0) is 28.5 Å². The van der Waals surface area contributed by atoms with E-state index in [1.807, 2.05) is 13.8 Å². The maximum atomic E-state index is 11.8. The van der Waals surface area contributed by atoms with Crippen molar-refractivity contribution in [3.8, 4) is 0 Å². The predicted octanol–water partition coefficient (Wildman–Crippen LogP) is 0.199. The van der Waals surface area contributed by atoms with Gasteiger partial charge in [-0.3, -0.25) is 9.59 Å². The van der Waals surface area contributed by atoms with Gasteiger partial charge in [0.05, 0.1) is 15.4 Å². The van der Waals surface area contributed by atoms with Crippen LogP contribution < -0.4 is 0 Å². The minimum atomic E-state index is -1.41. The molecular weight excluding hydrogens is 261 g/mol. The van der Waals surface area contributed by atoms with E-state index in [-0.39, 0.29) is 12.3 Å². The second-order valence-electron chi connectivity index (χ2n) is 4.34. The fourth-order valence-electron chi connectivity index (χ4n) is 1.69. The fraction of sp³-hybridized carbons (Fsp3) is 0.600. The third-order valence-electron chi connectivity index (χ3n) is 2.40. The van der Waals surface area contributed by atoms with E-state index in [0.717, 1.165) is 0 Å². The van der Waals surface area contributed by atoms with Crippen molar-refractivity contribution >= 4 is 33.2 Å². The molecule has 0 aromatic rings. The summed E-state index contributed by atoms with van der Waals surface area (Å²) >= 11 is 0. The highest BCUT2D eigenvalue weighted by molar-refractivity contribution is 7.11. The second-order valence-corrected chi connectivity index (χ2v) is 4.58. The molecule has 0 radical (unpaired) electrons. The van der Waals surface area contributed by atoms with Gasteiger partial charge in [0.2, 0.25) is 0 Å². The quantitative estimate of drug-likeness (QED) is 0.415. The lowest BCUT2D eigenvalue weighted by Gasteiger charge is -2.13. The van der Waals surface area contributed by atoms with E-state index in [9.17, 15) is 19.2 Å². The zero-order valence-corrected chi connectivity index (χ0v) is 11.2. The summed E-state index contributed by atoms with van der Waals surface area (Å²) < 4.78 is 4.04. The van der Waals surface area contributed by atoms with Crippen LogP contribution in [0.5, 0.6) is 0 Å². The van der Waals surface area contributed by atoms with Crippen molar-refractivity contribution in [1.82, 2.24) is 5.06 Å². The van der Waals surface area contributed by atoms with Crippen molar-refractivity contribution in [2.24, 2.45) is 11.8 Å². The zero-order chi connectivity index (χ0) is 13.9. The van der Waals surface area contributed by atoms with Gasteiger partial charge in [-0.05, 0) is 12.3 Å². The van der Waals surface area contributed by atoms with Gasteiger partial charge in [-0.2, -0.15) is 0 Å². The lowest BCUT2D eigenvalue weighted by molar-refractivity contribution is -0.200. The van der Waals surface area contributed by atoms with Crippen LogP contribution in [-0.4, -0.2) is 28.8 Å². The van der Waals surface area contributed by atoms with Crippen molar-refractivity contribution in [3.05, 3.63) is 0 Å². The van der Waals surface area contributed by atoms with Crippen LogP contribution >= 0.6 is 9.47 Å². The molecule has 0 aromatic carbocycles. The molecule has 0 spiro atoms. The van der Waals surface area contributed by atoms with Crippen LogP contribution in [0, 0.1) is 11.8 Å². The number of hydrogen-bond acceptors (Lipinski definition) is 6. The molecule has 7 nitrogen and oxygen atoms in total. The van der Waals surface area contributed by atoms with Crippen LogP contribution in [0.25, 0.3) is 0 Å². The number of carbonyl (C=O) groups is 4. The van der Waals surface area contributed by atoms with E-state index in [4.69, 9.17) is 0 Å². The third kappa shape index (κ3) is 3.26. The summed E-state index contributed by atoms with van der Waals surface area (Å²) in [6.07, 6.45) is 0.507. The van der Waals surface area contributed by atoms with Gasteiger partial charge < -0.3 is 9.36 Å². The summed E-state index contributed by atoms with van der Waals surface area (Å²) in [5.74, 6) is -4.20. The predicted molar refractivity (Wildman–Crippen MR) is 61.3 cm³/mol. The Bertz CT molecular complexity index is 394. The molecule has 0 aliphatic carbocycles. The molecule has 1 aliphatic rings. The van der Waals surface area contributed by atoms with Gasteiger partial charge in [-0.25, -0.2) is 9.59 Å². The average molecular weight is 275 g/mol. The summed E-state index contributed by atoms with van der Waals surface area (Å²) in [4.78, 5) is 49.6. The van der Waals surface area contributed by atoms with Crippen LogP contribution in [0.3, 0.4) is 0 Å². The average Bonchev–Trinajstić information content (AvgIpc) is 2.55. The van der Waals surface area contributed by atoms with Crippen LogP contribution in [0.2, 0.25) is 0 Å². The van der Waals surface area contributed by atoms with E-state index in [0.29, 0.717) is 11.5 Å². The Morgan fingerprint density at radius 2 is 2.00 bits per heavy atom. The second kappa shape index (κ2) is 5.91. The van der Waals surface area contributed by atoms with Gasteiger partial charge in [-0.1, -0.05) is 13.8 Å². The smallest absolute Gasteiger partial charge is 0.442 e. The van der Waals surface area contributed by atoms with Crippen LogP contribution in [0.15, 0.2) is 0 Å². The molecule has 0 saturated carbocycles. The Kier molecular flexibility index (Phi) is 4.78. The number of carbonyl (C=O) groups excluding carboxylic acids is 4.